The summed E-state index contributed by atoms with van der Waals surface area (Å²) >= 11 is 0. The van der Waals surface area contributed by atoms with Gasteiger partial charge >= 0.3 is 18.0 Å². The molecule has 0 spiro atoms. The Labute approximate surface area is 336 Å². The number of nitrogens with zero attached hydrogens (tertiary/aromatic N) is 1. The summed E-state index contributed by atoms with van der Waals surface area (Å²) in [5.41, 5.74) is -1.78. The zero-order chi connectivity index (χ0) is 43.0. The van der Waals surface area contributed by atoms with Crippen LogP contribution in [0.25, 0.3) is 0 Å². The lowest BCUT2D eigenvalue weighted by molar-refractivity contribution is -0.157. The van der Waals surface area contributed by atoms with E-state index >= 15 is 0 Å². The summed E-state index contributed by atoms with van der Waals surface area (Å²) in [7, 11) is 1.12. The average Bonchev–Trinajstić information content (AvgIpc) is 3.10. The van der Waals surface area contributed by atoms with Gasteiger partial charge in [0.1, 0.15) is 42.8 Å². The number of esters is 2. The number of aliphatic hydroxyl groups is 1. The van der Waals surface area contributed by atoms with Crippen LogP contribution in [0.15, 0.2) is 16.8 Å². The molecule has 0 aromatic carbocycles. The first-order valence-corrected chi connectivity index (χ1v) is 18.9. The van der Waals surface area contributed by atoms with E-state index in [2.05, 4.69) is 21.5 Å². The SMILES string of the molecule is C#CCOCCOCCOCCOCCCC(=O)CO[C@@H]([C@@H]1OC(C(=O)OC)=C[C@H](N=C(CC(=O)OC(C)(C)C)NC(=O)OC(C)(C)C)[C@H]1NC(C)=O)[C@H](O)CC. The summed E-state index contributed by atoms with van der Waals surface area (Å²) in [5, 5.41) is 16.4. The number of nitrogens with one attached hydrogen (secondary N) is 2. The number of alkyl carbamates (subject to hydrolysis) is 1. The number of ketones is 1. The summed E-state index contributed by atoms with van der Waals surface area (Å²) in [5.74, 6) is -0.710. The Balaban J connectivity index is 3.14. The van der Waals surface area contributed by atoms with Gasteiger partial charge in [-0.1, -0.05) is 12.8 Å². The Kier molecular flexibility index (Phi) is 23.9. The summed E-state index contributed by atoms with van der Waals surface area (Å²) in [4.78, 5) is 68.7. The monoisotopic (exact) mass is 813 g/mol. The van der Waals surface area contributed by atoms with Crippen molar-refractivity contribution in [1.82, 2.24) is 10.6 Å². The molecule has 1 aliphatic rings. The number of carbonyl (C=O) groups excluding carboxylic acids is 5. The standard InChI is InChI=1S/C39H63N3O15/c1-11-15-50-17-19-52-21-22-53-20-18-51-16-13-14-27(44)25-54-34(29(45)12-2)35-33(40-26(3)43)28(23-30(55-35)36(47)49-10)41-31(24-32(46)56-38(4,5)6)42-37(48)57-39(7,8)9/h1,23,28-29,33-35,45H,12-22,24-25H2,2-10H3,(H,40,43)(H,41,42,48)/t28-,29+,33+,34+,35+/m0/s1. The maximum atomic E-state index is 12.9. The predicted octanol–water partition coefficient (Wildman–Crippen LogP) is 2.18. The van der Waals surface area contributed by atoms with E-state index in [1.165, 1.54) is 13.0 Å². The second-order valence-corrected chi connectivity index (χ2v) is 14.8. The number of rotatable bonds is 25. The van der Waals surface area contributed by atoms with Crippen molar-refractivity contribution < 1.29 is 71.7 Å². The van der Waals surface area contributed by atoms with Crippen molar-refractivity contribution in [3.63, 3.8) is 0 Å². The topological polar surface area (TPSA) is 225 Å². The van der Waals surface area contributed by atoms with Crippen molar-refractivity contribution in [2.75, 3.05) is 66.6 Å². The lowest BCUT2D eigenvalue weighted by Gasteiger charge is -2.40. The average molecular weight is 814 g/mol. The van der Waals surface area contributed by atoms with Crippen LogP contribution in [-0.4, -0.2) is 149 Å². The number of aliphatic hydroxyl groups excluding tert-OH is 1. The zero-order valence-electron chi connectivity index (χ0n) is 34.8. The van der Waals surface area contributed by atoms with Gasteiger partial charge in [-0.15, -0.1) is 6.42 Å². The van der Waals surface area contributed by atoms with E-state index in [9.17, 15) is 29.1 Å². The second-order valence-electron chi connectivity index (χ2n) is 14.8. The fraction of sp³-hybridized carbons (Fsp3) is 0.744. The number of aliphatic imine (C=N–C) groups is 1. The number of terminal acetylenes is 1. The highest BCUT2D eigenvalue weighted by Gasteiger charge is 2.45. The molecule has 57 heavy (non-hydrogen) atoms. The molecule has 0 fully saturated rings. The first kappa shape index (κ1) is 50.9. The Bertz CT molecular complexity index is 1350. The number of Topliss-reactive ketones (excluding diaryl/α,β-unsaturated/α-hetero) is 1. The molecule has 0 saturated carbocycles. The largest absolute Gasteiger partial charge is 0.478 e. The van der Waals surface area contributed by atoms with Gasteiger partial charge in [-0.25, -0.2) is 9.59 Å². The zero-order valence-corrected chi connectivity index (χ0v) is 34.8. The van der Waals surface area contributed by atoms with E-state index < -0.39 is 78.6 Å². The molecule has 2 amide bonds. The highest BCUT2D eigenvalue weighted by Crippen LogP contribution is 2.28. The van der Waals surface area contributed by atoms with Crippen molar-refractivity contribution in [2.45, 2.75) is 123 Å². The molecule has 0 bridgehead atoms. The van der Waals surface area contributed by atoms with Crippen LogP contribution in [0, 0.1) is 12.3 Å². The van der Waals surface area contributed by atoms with Crippen molar-refractivity contribution in [1.29, 1.82) is 0 Å². The minimum atomic E-state index is -1.33. The fourth-order valence-electron chi connectivity index (χ4n) is 5.04. The molecular weight excluding hydrogens is 750 g/mol. The van der Waals surface area contributed by atoms with Gasteiger partial charge in [0.25, 0.3) is 0 Å². The molecule has 5 atom stereocenters. The highest BCUT2D eigenvalue weighted by atomic mass is 16.6. The lowest BCUT2D eigenvalue weighted by Crippen LogP contribution is -2.60. The maximum Gasteiger partial charge on any atom is 0.413 e. The maximum absolute atomic E-state index is 12.9. The van der Waals surface area contributed by atoms with Crippen LogP contribution in [0.2, 0.25) is 0 Å². The number of hydrogen-bond acceptors (Lipinski definition) is 16. The molecule has 18 nitrogen and oxygen atoms in total. The molecular formula is C39H63N3O15. The van der Waals surface area contributed by atoms with Crippen molar-refractivity contribution in [3.05, 3.63) is 11.8 Å². The van der Waals surface area contributed by atoms with Gasteiger partial charge in [0, 0.05) is 20.0 Å². The van der Waals surface area contributed by atoms with Crippen LogP contribution in [0.4, 0.5) is 4.79 Å². The number of hydrogen-bond donors (Lipinski definition) is 3. The number of amidine groups is 1. The van der Waals surface area contributed by atoms with Crippen LogP contribution in [0.1, 0.15) is 81.1 Å². The number of amides is 2. The third-order valence-corrected chi connectivity index (χ3v) is 7.35. The van der Waals surface area contributed by atoms with Crippen molar-refractivity contribution in [2.24, 2.45) is 4.99 Å². The Morgan fingerprint density at radius 1 is 0.930 bits per heavy atom. The molecule has 18 heteroatoms. The minimum absolute atomic E-state index is 0.0939. The van der Waals surface area contributed by atoms with E-state index in [1.54, 1.807) is 48.5 Å². The second kappa shape index (κ2) is 26.7. The third-order valence-electron chi connectivity index (χ3n) is 7.35. The third kappa shape index (κ3) is 23.0. The molecule has 0 aliphatic carbocycles. The summed E-state index contributed by atoms with van der Waals surface area (Å²) in [6.07, 6.45) is 1.62. The normalized spacial score (nSPS) is 18.2. The fourth-order valence-corrected chi connectivity index (χ4v) is 5.04. The van der Waals surface area contributed by atoms with E-state index in [-0.39, 0.29) is 43.4 Å². The van der Waals surface area contributed by atoms with Gasteiger partial charge in [-0.2, -0.15) is 0 Å². The number of carbonyl (C=O) groups is 5. The highest BCUT2D eigenvalue weighted by molar-refractivity contribution is 6.04. The summed E-state index contributed by atoms with van der Waals surface area (Å²) in [6, 6.07) is -2.38. The van der Waals surface area contributed by atoms with Crippen LogP contribution >= 0.6 is 0 Å². The van der Waals surface area contributed by atoms with Crippen molar-refractivity contribution in [3.8, 4) is 12.3 Å². The molecule has 0 aromatic rings. The molecule has 3 N–H and O–H groups in total. The molecule has 0 aromatic heterocycles. The molecule has 0 unspecified atom stereocenters. The Morgan fingerprint density at radius 2 is 1.51 bits per heavy atom. The van der Waals surface area contributed by atoms with E-state index in [1.807, 2.05) is 0 Å². The van der Waals surface area contributed by atoms with Gasteiger partial charge in [0.15, 0.2) is 11.9 Å². The van der Waals surface area contributed by atoms with Crippen LogP contribution in [-0.2, 0) is 61.8 Å². The quantitative estimate of drug-likeness (QED) is 0.0300. The number of methoxy groups -OCH3 is 1. The smallest absolute Gasteiger partial charge is 0.413 e. The van der Waals surface area contributed by atoms with Gasteiger partial charge in [0.05, 0.1) is 64.9 Å². The van der Waals surface area contributed by atoms with Crippen molar-refractivity contribution >= 4 is 35.6 Å². The van der Waals surface area contributed by atoms with Gasteiger partial charge in [-0.05, 0) is 60.5 Å². The van der Waals surface area contributed by atoms with Crippen LogP contribution in [0.5, 0.6) is 0 Å². The predicted molar refractivity (Wildman–Crippen MR) is 206 cm³/mol. The van der Waals surface area contributed by atoms with E-state index in [0.717, 1.165) is 7.11 Å². The first-order chi connectivity index (χ1) is 26.8. The Morgan fingerprint density at radius 3 is 2.04 bits per heavy atom. The minimum Gasteiger partial charge on any atom is -0.478 e. The molecule has 324 valence electrons. The van der Waals surface area contributed by atoms with Gasteiger partial charge in [0.2, 0.25) is 11.7 Å². The molecule has 1 rings (SSSR count). The molecule has 1 heterocycles. The van der Waals surface area contributed by atoms with Gasteiger partial charge in [-0.3, -0.25) is 24.7 Å². The summed E-state index contributed by atoms with van der Waals surface area (Å²) < 4.78 is 49.2. The molecule has 0 saturated heterocycles. The first-order valence-electron chi connectivity index (χ1n) is 18.9. The van der Waals surface area contributed by atoms with E-state index in [4.69, 9.17) is 49.1 Å². The summed E-state index contributed by atoms with van der Waals surface area (Å²) in [6.45, 7) is 15.2. The number of ether oxygens (including phenoxy) is 9. The van der Waals surface area contributed by atoms with Crippen LogP contribution in [0.3, 0.4) is 0 Å². The molecule has 0 radical (unpaired) electrons. The van der Waals surface area contributed by atoms with Gasteiger partial charge < -0.3 is 53.1 Å². The lowest BCUT2D eigenvalue weighted by atomic mass is 9.91. The van der Waals surface area contributed by atoms with Crippen LogP contribution < -0.4 is 10.6 Å². The molecule has 1 aliphatic heterocycles. The van der Waals surface area contributed by atoms with E-state index in [0.29, 0.717) is 46.1 Å². The Hall–Kier alpha value is -4.12.